The molecule has 4 N–H and O–H groups in total. The van der Waals surface area contributed by atoms with Crippen LogP contribution in [-0.4, -0.2) is 21.0 Å². The number of anilines is 1. The fourth-order valence-corrected chi connectivity index (χ4v) is 3.90. The van der Waals surface area contributed by atoms with Gasteiger partial charge in [0.25, 0.3) is 0 Å². The predicted octanol–water partition coefficient (Wildman–Crippen LogP) is 5.50. The van der Waals surface area contributed by atoms with Crippen molar-refractivity contribution in [2.24, 2.45) is 10.9 Å². The van der Waals surface area contributed by atoms with E-state index in [-0.39, 0.29) is 50.2 Å². The largest absolute Gasteiger partial charge is 0.454 e. The van der Waals surface area contributed by atoms with Crippen molar-refractivity contribution in [3.8, 4) is 11.5 Å². The number of halogens is 4. The van der Waals surface area contributed by atoms with Gasteiger partial charge in [0, 0.05) is 17.3 Å². The molecular formula is C24H19ClF3N5O3. The van der Waals surface area contributed by atoms with E-state index in [1.807, 2.05) is 0 Å². The van der Waals surface area contributed by atoms with Crippen molar-refractivity contribution in [1.82, 2.24) is 9.97 Å². The Balaban J connectivity index is 1.95. The zero-order chi connectivity index (χ0) is 26.2. The Kier molecular flexibility index (Phi) is 6.59. The minimum Gasteiger partial charge on any atom is -0.454 e. The normalized spacial score (nSPS) is 13.1. The monoisotopic (exact) mass is 517 g/mol. The second-order valence-corrected chi connectivity index (χ2v) is 8.31. The van der Waals surface area contributed by atoms with Crippen molar-refractivity contribution in [2.45, 2.75) is 26.1 Å². The highest BCUT2D eigenvalue weighted by Gasteiger charge is 2.33. The Hall–Kier alpha value is -4.12. The van der Waals surface area contributed by atoms with Gasteiger partial charge in [-0.1, -0.05) is 22.8 Å². The third kappa shape index (κ3) is 4.69. The number of pyridine rings is 2. The van der Waals surface area contributed by atoms with E-state index in [2.05, 4.69) is 20.4 Å². The number of fused-ring (bicyclic) bond motifs is 1. The lowest BCUT2D eigenvalue weighted by molar-refractivity contribution is -0.137. The molecule has 8 nitrogen and oxygen atoms in total. The smallest absolute Gasteiger partial charge is 0.416 e. The number of oxime groups is 1. The topological polar surface area (TPSA) is 127 Å². The Morgan fingerprint density at radius 1 is 1.25 bits per heavy atom. The Labute approximate surface area is 207 Å². The molecule has 36 heavy (non-hydrogen) atoms. The maximum absolute atomic E-state index is 13.8. The van der Waals surface area contributed by atoms with Crippen molar-refractivity contribution in [1.29, 1.82) is 0 Å². The van der Waals surface area contributed by atoms with Crippen molar-refractivity contribution >= 4 is 34.1 Å². The molecule has 0 saturated carbocycles. The molecule has 12 heteroatoms. The molecule has 0 radical (unpaired) electrons. The number of alkyl halides is 3. The second kappa shape index (κ2) is 9.50. The number of benzene rings is 1. The van der Waals surface area contributed by atoms with Gasteiger partial charge in [0.1, 0.15) is 22.1 Å². The summed E-state index contributed by atoms with van der Waals surface area (Å²) in [5.41, 5.74) is 4.79. The van der Waals surface area contributed by atoms with Gasteiger partial charge in [0.2, 0.25) is 0 Å². The maximum Gasteiger partial charge on any atom is 0.416 e. The number of nitrogens with zero attached hydrogens (tertiary/aromatic N) is 3. The lowest BCUT2D eigenvalue weighted by atomic mass is 9.98. The van der Waals surface area contributed by atoms with Gasteiger partial charge >= 0.3 is 6.18 Å². The minimum atomic E-state index is -4.72. The van der Waals surface area contributed by atoms with E-state index in [1.165, 1.54) is 25.3 Å². The summed E-state index contributed by atoms with van der Waals surface area (Å²) < 4.78 is 47.4. The minimum absolute atomic E-state index is 0.0143. The standard InChI is InChI=1S/C24H19ClF3N5O3/c1-11-20(34)15-10-13(24(26,27)28)9-14(22(15)36-21(11)17-5-3-4-8-30-17)12(2)31-16-6-7-18(25)32-19(16)23(29)33-35/h3-10,12,31,35H,1-2H3,(H2,29,33). The summed E-state index contributed by atoms with van der Waals surface area (Å²) in [4.78, 5) is 21.4. The molecule has 1 aromatic carbocycles. The summed E-state index contributed by atoms with van der Waals surface area (Å²) in [5, 5.41) is 14.8. The van der Waals surface area contributed by atoms with E-state index in [9.17, 15) is 18.0 Å². The van der Waals surface area contributed by atoms with E-state index in [0.717, 1.165) is 12.1 Å². The van der Waals surface area contributed by atoms with E-state index >= 15 is 0 Å². The molecule has 0 fully saturated rings. The van der Waals surface area contributed by atoms with Gasteiger partial charge in [-0.2, -0.15) is 13.2 Å². The van der Waals surface area contributed by atoms with E-state index in [4.69, 9.17) is 27.0 Å². The van der Waals surface area contributed by atoms with Crippen LogP contribution < -0.4 is 16.5 Å². The maximum atomic E-state index is 13.8. The van der Waals surface area contributed by atoms with Crippen LogP contribution in [0.5, 0.6) is 0 Å². The molecule has 1 unspecified atom stereocenters. The average molecular weight is 518 g/mol. The molecule has 0 aliphatic rings. The lowest BCUT2D eigenvalue weighted by Gasteiger charge is -2.21. The molecule has 3 heterocycles. The third-order valence-corrected chi connectivity index (χ3v) is 5.73. The highest BCUT2D eigenvalue weighted by Crippen LogP contribution is 2.37. The molecular weight excluding hydrogens is 499 g/mol. The van der Waals surface area contributed by atoms with Crippen LogP contribution >= 0.6 is 11.6 Å². The zero-order valence-corrected chi connectivity index (χ0v) is 19.6. The first-order valence-electron chi connectivity index (χ1n) is 10.5. The zero-order valence-electron chi connectivity index (χ0n) is 18.9. The summed E-state index contributed by atoms with van der Waals surface area (Å²) in [6, 6.07) is 8.75. The fraction of sp³-hybridized carbons (Fsp3) is 0.167. The quantitative estimate of drug-likeness (QED) is 0.105. The summed E-state index contributed by atoms with van der Waals surface area (Å²) in [6.07, 6.45) is -3.21. The molecule has 1 atom stereocenters. The van der Waals surface area contributed by atoms with Gasteiger partial charge in [0.15, 0.2) is 17.0 Å². The van der Waals surface area contributed by atoms with E-state index < -0.39 is 23.2 Å². The van der Waals surface area contributed by atoms with Crippen LogP contribution in [0, 0.1) is 6.92 Å². The number of hydrogen-bond donors (Lipinski definition) is 3. The molecule has 0 aliphatic heterocycles. The van der Waals surface area contributed by atoms with Gasteiger partial charge in [0.05, 0.1) is 22.7 Å². The summed E-state index contributed by atoms with van der Waals surface area (Å²) in [7, 11) is 0. The number of nitrogens with two attached hydrogens (primary N) is 1. The van der Waals surface area contributed by atoms with Crippen molar-refractivity contribution in [2.75, 3.05) is 5.32 Å². The summed E-state index contributed by atoms with van der Waals surface area (Å²) >= 11 is 5.92. The van der Waals surface area contributed by atoms with Crippen LogP contribution in [0.1, 0.15) is 35.3 Å². The molecule has 0 amide bonds. The van der Waals surface area contributed by atoms with Gasteiger partial charge in [-0.05, 0) is 50.2 Å². The number of aromatic nitrogens is 2. The molecule has 4 rings (SSSR count). The number of nitrogens with one attached hydrogen (secondary N) is 1. The van der Waals surface area contributed by atoms with Gasteiger partial charge in [-0.15, -0.1) is 0 Å². The fourth-order valence-electron chi connectivity index (χ4n) is 3.75. The highest BCUT2D eigenvalue weighted by molar-refractivity contribution is 6.29. The second-order valence-electron chi connectivity index (χ2n) is 7.92. The third-order valence-electron chi connectivity index (χ3n) is 5.52. The van der Waals surface area contributed by atoms with Crippen LogP contribution in [0.4, 0.5) is 18.9 Å². The summed E-state index contributed by atoms with van der Waals surface area (Å²) in [5.74, 6) is -0.215. The van der Waals surface area contributed by atoms with E-state index in [0.29, 0.717) is 5.69 Å². The first-order valence-corrected chi connectivity index (χ1v) is 10.9. The molecule has 3 aromatic heterocycles. The molecule has 186 valence electrons. The molecule has 0 bridgehead atoms. The van der Waals surface area contributed by atoms with Crippen molar-refractivity contribution in [3.63, 3.8) is 0 Å². The Bertz CT molecular complexity index is 1540. The van der Waals surface area contributed by atoms with E-state index in [1.54, 1.807) is 25.1 Å². The molecule has 0 aliphatic carbocycles. The van der Waals surface area contributed by atoms with Gasteiger partial charge in [-0.3, -0.25) is 9.78 Å². The Morgan fingerprint density at radius 3 is 2.64 bits per heavy atom. The van der Waals surface area contributed by atoms with Crippen LogP contribution in [0.25, 0.3) is 22.4 Å². The predicted molar refractivity (Wildman–Crippen MR) is 129 cm³/mol. The number of amidine groups is 1. The first kappa shape index (κ1) is 25.0. The van der Waals surface area contributed by atoms with Crippen LogP contribution in [0.15, 0.2) is 63.0 Å². The highest BCUT2D eigenvalue weighted by atomic mass is 35.5. The van der Waals surface area contributed by atoms with Gasteiger partial charge < -0.3 is 20.7 Å². The Morgan fingerprint density at radius 2 is 2.00 bits per heavy atom. The first-order chi connectivity index (χ1) is 17.0. The molecule has 0 saturated heterocycles. The molecule has 4 aromatic rings. The summed E-state index contributed by atoms with van der Waals surface area (Å²) in [6.45, 7) is 3.04. The lowest BCUT2D eigenvalue weighted by Crippen LogP contribution is -2.20. The van der Waals surface area contributed by atoms with Crippen molar-refractivity contribution in [3.05, 3.63) is 86.4 Å². The van der Waals surface area contributed by atoms with Gasteiger partial charge in [-0.25, -0.2) is 4.98 Å². The molecule has 0 spiro atoms. The number of rotatable bonds is 5. The van der Waals surface area contributed by atoms with Crippen LogP contribution in [0.2, 0.25) is 5.15 Å². The SMILES string of the molecule is Cc1c(-c2ccccn2)oc2c(C(C)Nc3ccc(Cl)nc3/C(N)=N/O)cc(C(F)(F)F)cc2c1=O. The van der Waals surface area contributed by atoms with Crippen molar-refractivity contribution < 1.29 is 22.8 Å². The van der Waals surface area contributed by atoms with Crippen LogP contribution in [0.3, 0.4) is 0 Å². The average Bonchev–Trinajstić information content (AvgIpc) is 2.86. The number of hydrogen-bond acceptors (Lipinski definition) is 7. The van der Waals surface area contributed by atoms with Crippen LogP contribution in [-0.2, 0) is 6.18 Å².